The van der Waals surface area contributed by atoms with Crippen LogP contribution in [0.4, 0.5) is 0 Å². The van der Waals surface area contributed by atoms with Gasteiger partial charge < -0.3 is 10.2 Å². The van der Waals surface area contributed by atoms with Crippen molar-refractivity contribution in [2.75, 3.05) is 7.05 Å². The van der Waals surface area contributed by atoms with Crippen LogP contribution >= 0.6 is 0 Å². The molecule has 1 N–H and O–H groups in total. The van der Waals surface area contributed by atoms with E-state index in [1.807, 2.05) is 45.0 Å². The molecular formula is C16H24N2O2. The van der Waals surface area contributed by atoms with Gasteiger partial charge in [0.2, 0.25) is 11.8 Å². The molecule has 0 saturated heterocycles. The van der Waals surface area contributed by atoms with Crippen LogP contribution in [-0.4, -0.2) is 29.8 Å². The lowest BCUT2D eigenvalue weighted by Gasteiger charge is -2.30. The molecule has 0 aliphatic carbocycles. The zero-order chi connectivity index (χ0) is 15.1. The van der Waals surface area contributed by atoms with E-state index in [1.54, 1.807) is 11.9 Å². The fraction of sp³-hybridized carbons (Fsp3) is 0.500. The zero-order valence-corrected chi connectivity index (χ0v) is 12.8. The van der Waals surface area contributed by atoms with Crippen LogP contribution in [0.1, 0.15) is 37.8 Å². The maximum Gasteiger partial charge on any atom is 0.242 e. The number of nitrogens with zero attached hydrogens (tertiary/aromatic N) is 1. The van der Waals surface area contributed by atoms with Crippen molar-refractivity contribution in [2.45, 2.75) is 46.2 Å². The normalized spacial score (nSPS) is 11.8. The highest BCUT2D eigenvalue weighted by molar-refractivity contribution is 5.87. The van der Waals surface area contributed by atoms with Gasteiger partial charge in [-0.25, -0.2) is 0 Å². The summed E-state index contributed by atoms with van der Waals surface area (Å²) in [6.45, 7) is 6.24. The molecule has 110 valence electrons. The number of hydrogen-bond donors (Lipinski definition) is 1. The van der Waals surface area contributed by atoms with E-state index in [0.717, 1.165) is 11.1 Å². The third kappa shape index (κ3) is 4.08. The largest absolute Gasteiger partial charge is 0.357 e. The first kappa shape index (κ1) is 16.2. The number of nitrogens with one attached hydrogen (secondary N) is 1. The van der Waals surface area contributed by atoms with Crippen molar-refractivity contribution in [1.82, 2.24) is 10.2 Å². The number of carbonyl (C=O) groups excluding carboxylic acids is 2. The minimum absolute atomic E-state index is 0.00181. The lowest BCUT2D eigenvalue weighted by Crippen LogP contribution is -2.48. The second kappa shape index (κ2) is 7.68. The van der Waals surface area contributed by atoms with Crippen LogP contribution in [0.3, 0.4) is 0 Å². The van der Waals surface area contributed by atoms with Gasteiger partial charge in [0.15, 0.2) is 0 Å². The number of carbonyl (C=O) groups is 2. The van der Waals surface area contributed by atoms with E-state index in [4.69, 9.17) is 0 Å². The van der Waals surface area contributed by atoms with Crippen LogP contribution in [0.25, 0.3) is 0 Å². The van der Waals surface area contributed by atoms with Crippen LogP contribution in [0.2, 0.25) is 0 Å². The van der Waals surface area contributed by atoms with Gasteiger partial charge in [-0.1, -0.05) is 43.7 Å². The summed E-state index contributed by atoms with van der Waals surface area (Å²) in [5.41, 5.74) is 2.20. The summed E-state index contributed by atoms with van der Waals surface area (Å²) in [7, 11) is 1.60. The number of aryl methyl sites for hydroxylation is 1. The maximum absolute atomic E-state index is 12.2. The molecule has 0 heterocycles. The van der Waals surface area contributed by atoms with Gasteiger partial charge in [0.05, 0.1) is 0 Å². The third-order valence-corrected chi connectivity index (χ3v) is 3.37. The number of amides is 2. The standard InChI is InChI=1S/C16H24N2O2/c1-5-14(16(20)17-4)18(15(19)6-2)11-13-9-7-8-12(3)10-13/h7-10,14H,5-6,11H2,1-4H3,(H,17,20)/t14-/m1/s1. The summed E-state index contributed by atoms with van der Waals surface area (Å²) in [5.74, 6) is -0.107. The van der Waals surface area contributed by atoms with Crippen LogP contribution in [0.15, 0.2) is 24.3 Å². The quantitative estimate of drug-likeness (QED) is 0.866. The van der Waals surface area contributed by atoms with Crippen LogP contribution in [-0.2, 0) is 16.1 Å². The minimum Gasteiger partial charge on any atom is -0.357 e. The first-order valence-electron chi connectivity index (χ1n) is 7.10. The van der Waals surface area contributed by atoms with E-state index < -0.39 is 6.04 Å². The number of rotatable bonds is 6. The molecular weight excluding hydrogens is 252 g/mol. The summed E-state index contributed by atoms with van der Waals surface area (Å²) in [5, 5.41) is 2.64. The molecule has 1 aromatic carbocycles. The van der Waals surface area contributed by atoms with E-state index in [0.29, 0.717) is 19.4 Å². The Morgan fingerprint density at radius 3 is 2.50 bits per heavy atom. The molecule has 0 aromatic heterocycles. The van der Waals surface area contributed by atoms with E-state index in [9.17, 15) is 9.59 Å². The molecule has 0 spiro atoms. The van der Waals surface area contributed by atoms with Gasteiger partial charge in [0, 0.05) is 20.0 Å². The van der Waals surface area contributed by atoms with Crippen molar-refractivity contribution in [3.05, 3.63) is 35.4 Å². The van der Waals surface area contributed by atoms with Crippen molar-refractivity contribution >= 4 is 11.8 Å². The summed E-state index contributed by atoms with van der Waals surface area (Å²) >= 11 is 0. The highest BCUT2D eigenvalue weighted by Crippen LogP contribution is 2.14. The third-order valence-electron chi connectivity index (χ3n) is 3.37. The summed E-state index contributed by atoms with van der Waals surface area (Å²) < 4.78 is 0. The van der Waals surface area contributed by atoms with Crippen molar-refractivity contribution in [3.8, 4) is 0 Å². The Morgan fingerprint density at radius 1 is 1.30 bits per heavy atom. The van der Waals surface area contributed by atoms with Gasteiger partial charge in [-0.2, -0.15) is 0 Å². The molecule has 0 aliphatic rings. The molecule has 1 rings (SSSR count). The van der Waals surface area contributed by atoms with E-state index in [1.165, 1.54) is 0 Å². The van der Waals surface area contributed by atoms with Gasteiger partial charge in [-0.05, 0) is 18.9 Å². The molecule has 0 unspecified atom stereocenters. The summed E-state index contributed by atoms with van der Waals surface area (Å²) in [6.07, 6.45) is 1.01. The highest BCUT2D eigenvalue weighted by atomic mass is 16.2. The van der Waals surface area contributed by atoms with Crippen molar-refractivity contribution in [3.63, 3.8) is 0 Å². The van der Waals surface area contributed by atoms with Gasteiger partial charge >= 0.3 is 0 Å². The van der Waals surface area contributed by atoms with E-state index >= 15 is 0 Å². The van der Waals surface area contributed by atoms with E-state index in [-0.39, 0.29) is 11.8 Å². The number of benzene rings is 1. The second-order valence-electron chi connectivity index (χ2n) is 4.90. The van der Waals surface area contributed by atoms with E-state index in [2.05, 4.69) is 5.32 Å². The average molecular weight is 276 g/mol. The predicted octanol–water partition coefficient (Wildman–Crippen LogP) is 2.26. The highest BCUT2D eigenvalue weighted by Gasteiger charge is 2.26. The molecule has 4 heteroatoms. The Morgan fingerprint density at radius 2 is 2.00 bits per heavy atom. The Kier molecular flexibility index (Phi) is 6.22. The zero-order valence-electron chi connectivity index (χ0n) is 12.8. The Labute approximate surface area is 121 Å². The van der Waals surface area contributed by atoms with Gasteiger partial charge in [0.1, 0.15) is 6.04 Å². The summed E-state index contributed by atoms with van der Waals surface area (Å²) in [6, 6.07) is 7.62. The second-order valence-corrected chi connectivity index (χ2v) is 4.90. The molecule has 1 aromatic rings. The molecule has 0 radical (unpaired) electrons. The lowest BCUT2D eigenvalue weighted by molar-refractivity contribution is -0.141. The van der Waals surface area contributed by atoms with Crippen LogP contribution in [0, 0.1) is 6.92 Å². The Hall–Kier alpha value is -1.84. The molecule has 0 bridgehead atoms. The molecule has 0 aliphatic heterocycles. The molecule has 1 atom stereocenters. The number of hydrogen-bond acceptors (Lipinski definition) is 2. The first-order chi connectivity index (χ1) is 9.53. The number of likely N-dealkylation sites (N-methyl/N-ethyl adjacent to an activating group) is 1. The van der Waals surface area contributed by atoms with Gasteiger partial charge in [0.25, 0.3) is 0 Å². The Bertz CT molecular complexity index is 471. The minimum atomic E-state index is -0.409. The molecule has 20 heavy (non-hydrogen) atoms. The fourth-order valence-electron chi connectivity index (χ4n) is 2.30. The topological polar surface area (TPSA) is 49.4 Å². The van der Waals surface area contributed by atoms with Crippen LogP contribution < -0.4 is 5.32 Å². The van der Waals surface area contributed by atoms with Crippen LogP contribution in [0.5, 0.6) is 0 Å². The molecule has 2 amide bonds. The van der Waals surface area contributed by atoms with Gasteiger partial charge in [-0.15, -0.1) is 0 Å². The SMILES string of the molecule is CCC(=O)N(Cc1cccc(C)c1)[C@H](CC)C(=O)NC. The lowest BCUT2D eigenvalue weighted by atomic mass is 10.1. The fourth-order valence-corrected chi connectivity index (χ4v) is 2.30. The maximum atomic E-state index is 12.2. The summed E-state index contributed by atoms with van der Waals surface area (Å²) in [4.78, 5) is 25.8. The monoisotopic (exact) mass is 276 g/mol. The smallest absolute Gasteiger partial charge is 0.242 e. The molecule has 4 nitrogen and oxygen atoms in total. The van der Waals surface area contributed by atoms with Gasteiger partial charge in [-0.3, -0.25) is 9.59 Å². The van der Waals surface area contributed by atoms with Crippen molar-refractivity contribution in [1.29, 1.82) is 0 Å². The molecule has 0 saturated carbocycles. The van der Waals surface area contributed by atoms with Crippen molar-refractivity contribution < 1.29 is 9.59 Å². The Balaban J connectivity index is 3.00. The first-order valence-corrected chi connectivity index (χ1v) is 7.10. The van der Waals surface area contributed by atoms with Crippen molar-refractivity contribution in [2.24, 2.45) is 0 Å². The molecule has 0 fully saturated rings. The predicted molar refractivity (Wildman–Crippen MR) is 80.2 cm³/mol. The average Bonchev–Trinajstić information content (AvgIpc) is 2.45.